The Hall–Kier alpha value is -1.84. The predicted octanol–water partition coefficient (Wildman–Crippen LogP) is 2.94. The van der Waals surface area contributed by atoms with E-state index in [1.165, 1.54) is 0 Å². The van der Waals surface area contributed by atoms with E-state index >= 15 is 0 Å². The zero-order valence-corrected chi connectivity index (χ0v) is 10.8. The van der Waals surface area contributed by atoms with Gasteiger partial charge < -0.3 is 9.30 Å². The maximum Gasteiger partial charge on any atom is 0.328 e. The fourth-order valence-electron chi connectivity index (χ4n) is 1.84. The van der Waals surface area contributed by atoms with E-state index in [1.54, 1.807) is 6.33 Å². The number of ether oxygens (including phenoxy) is 1. The van der Waals surface area contributed by atoms with Crippen LogP contribution in [0.4, 0.5) is 0 Å². The van der Waals surface area contributed by atoms with E-state index in [2.05, 4.69) is 11.9 Å². The van der Waals surface area contributed by atoms with Gasteiger partial charge in [0.1, 0.15) is 6.04 Å². The lowest BCUT2D eigenvalue weighted by Gasteiger charge is -2.13. The van der Waals surface area contributed by atoms with Gasteiger partial charge in [-0.15, -0.1) is 0 Å². The van der Waals surface area contributed by atoms with Crippen molar-refractivity contribution in [2.24, 2.45) is 0 Å². The summed E-state index contributed by atoms with van der Waals surface area (Å²) in [6.07, 6.45) is 3.62. The van der Waals surface area contributed by atoms with E-state index in [9.17, 15) is 4.79 Å². The first-order valence-electron chi connectivity index (χ1n) is 6.32. The second-order valence-corrected chi connectivity index (χ2v) is 4.34. The standard InChI is InChI=1S/C14H18N2O2/c1-3-4-9-18-14(17)11(2)16-10-15-12-7-5-6-8-13(12)16/h5-8,10-11H,3-4,9H2,1-2H3. The van der Waals surface area contributed by atoms with E-state index in [1.807, 2.05) is 35.8 Å². The van der Waals surface area contributed by atoms with E-state index in [0.29, 0.717) is 6.61 Å². The highest BCUT2D eigenvalue weighted by Gasteiger charge is 2.18. The molecule has 1 unspecified atom stereocenters. The number of nitrogens with zero attached hydrogens (tertiary/aromatic N) is 2. The number of esters is 1. The zero-order valence-electron chi connectivity index (χ0n) is 10.8. The number of carbonyl (C=O) groups is 1. The summed E-state index contributed by atoms with van der Waals surface area (Å²) in [5.74, 6) is -0.202. The first kappa shape index (κ1) is 12.6. The van der Waals surface area contributed by atoms with Crippen LogP contribution in [0.3, 0.4) is 0 Å². The highest BCUT2D eigenvalue weighted by atomic mass is 16.5. The normalized spacial score (nSPS) is 12.6. The molecule has 0 fully saturated rings. The highest BCUT2D eigenvalue weighted by molar-refractivity contribution is 5.80. The van der Waals surface area contributed by atoms with Gasteiger partial charge in [0.05, 0.1) is 24.0 Å². The minimum absolute atomic E-state index is 0.202. The Labute approximate surface area is 107 Å². The number of fused-ring (bicyclic) bond motifs is 1. The molecule has 0 saturated carbocycles. The van der Waals surface area contributed by atoms with Gasteiger partial charge in [-0.1, -0.05) is 25.5 Å². The molecule has 4 heteroatoms. The Kier molecular flexibility index (Phi) is 3.97. The van der Waals surface area contributed by atoms with Crippen molar-refractivity contribution in [2.75, 3.05) is 6.61 Å². The third kappa shape index (κ3) is 2.53. The summed E-state index contributed by atoms with van der Waals surface area (Å²) in [4.78, 5) is 16.2. The van der Waals surface area contributed by atoms with Crippen molar-refractivity contribution in [3.05, 3.63) is 30.6 Å². The number of imidazole rings is 1. The molecule has 0 bridgehead atoms. The lowest BCUT2D eigenvalue weighted by atomic mass is 10.3. The van der Waals surface area contributed by atoms with Crippen LogP contribution in [-0.2, 0) is 9.53 Å². The Balaban J connectivity index is 2.13. The van der Waals surface area contributed by atoms with Crippen LogP contribution in [-0.4, -0.2) is 22.1 Å². The number of benzene rings is 1. The lowest BCUT2D eigenvalue weighted by Crippen LogP contribution is -2.19. The molecule has 0 radical (unpaired) electrons. The predicted molar refractivity (Wildman–Crippen MR) is 70.3 cm³/mol. The molecule has 0 aliphatic heterocycles. The van der Waals surface area contributed by atoms with Crippen molar-refractivity contribution in [1.82, 2.24) is 9.55 Å². The molecule has 1 atom stereocenters. The van der Waals surface area contributed by atoms with Gasteiger partial charge in [-0.05, 0) is 25.5 Å². The summed E-state index contributed by atoms with van der Waals surface area (Å²) in [6, 6.07) is 7.42. The maximum absolute atomic E-state index is 11.9. The molecule has 1 aromatic carbocycles. The van der Waals surface area contributed by atoms with Gasteiger partial charge in [0.25, 0.3) is 0 Å². The van der Waals surface area contributed by atoms with Gasteiger partial charge in [-0.25, -0.2) is 9.78 Å². The number of aromatic nitrogens is 2. The summed E-state index contributed by atoms with van der Waals surface area (Å²) in [7, 11) is 0. The van der Waals surface area contributed by atoms with Crippen LogP contribution in [0.2, 0.25) is 0 Å². The highest BCUT2D eigenvalue weighted by Crippen LogP contribution is 2.18. The van der Waals surface area contributed by atoms with Gasteiger partial charge >= 0.3 is 5.97 Å². The number of rotatable bonds is 5. The Morgan fingerprint density at radius 2 is 2.22 bits per heavy atom. The molecule has 0 amide bonds. The van der Waals surface area contributed by atoms with Crippen molar-refractivity contribution < 1.29 is 9.53 Å². The molecule has 2 rings (SSSR count). The van der Waals surface area contributed by atoms with Gasteiger partial charge in [-0.2, -0.15) is 0 Å². The van der Waals surface area contributed by atoms with Crippen LogP contribution in [0.5, 0.6) is 0 Å². The molecule has 2 aromatic rings. The fourth-order valence-corrected chi connectivity index (χ4v) is 1.84. The molecule has 0 aliphatic rings. The second kappa shape index (κ2) is 5.67. The van der Waals surface area contributed by atoms with Crippen molar-refractivity contribution >= 4 is 17.0 Å². The summed E-state index contributed by atoms with van der Waals surface area (Å²) in [6.45, 7) is 4.40. The fraction of sp³-hybridized carbons (Fsp3) is 0.429. The summed E-state index contributed by atoms with van der Waals surface area (Å²) in [5, 5.41) is 0. The largest absolute Gasteiger partial charge is 0.464 e. The molecule has 96 valence electrons. The SMILES string of the molecule is CCCCOC(=O)C(C)n1cnc2ccccc21. The monoisotopic (exact) mass is 246 g/mol. The minimum Gasteiger partial charge on any atom is -0.464 e. The molecule has 0 saturated heterocycles. The van der Waals surface area contributed by atoms with E-state index in [0.717, 1.165) is 23.9 Å². The van der Waals surface area contributed by atoms with Crippen molar-refractivity contribution in [2.45, 2.75) is 32.7 Å². The van der Waals surface area contributed by atoms with Crippen LogP contribution < -0.4 is 0 Å². The Morgan fingerprint density at radius 3 is 3.00 bits per heavy atom. The van der Waals surface area contributed by atoms with Crippen LogP contribution >= 0.6 is 0 Å². The average molecular weight is 246 g/mol. The van der Waals surface area contributed by atoms with Crippen LogP contribution in [0, 0.1) is 0 Å². The molecule has 1 heterocycles. The summed E-state index contributed by atoms with van der Waals surface area (Å²) >= 11 is 0. The van der Waals surface area contributed by atoms with Crippen molar-refractivity contribution in [1.29, 1.82) is 0 Å². The second-order valence-electron chi connectivity index (χ2n) is 4.34. The Morgan fingerprint density at radius 1 is 1.44 bits per heavy atom. The summed E-state index contributed by atoms with van der Waals surface area (Å²) in [5.41, 5.74) is 1.85. The molecule has 0 spiro atoms. The minimum atomic E-state index is -0.339. The number of carbonyl (C=O) groups excluding carboxylic acids is 1. The van der Waals surface area contributed by atoms with E-state index < -0.39 is 0 Å². The molecule has 0 aliphatic carbocycles. The van der Waals surface area contributed by atoms with Crippen LogP contribution in [0.25, 0.3) is 11.0 Å². The molecule has 18 heavy (non-hydrogen) atoms. The first-order chi connectivity index (χ1) is 8.74. The molecule has 0 N–H and O–H groups in total. The van der Waals surface area contributed by atoms with Gasteiger partial charge in [0.2, 0.25) is 0 Å². The first-order valence-corrected chi connectivity index (χ1v) is 6.32. The number of hydrogen-bond acceptors (Lipinski definition) is 3. The molecule has 4 nitrogen and oxygen atoms in total. The lowest BCUT2D eigenvalue weighted by molar-refractivity contribution is -0.147. The third-order valence-corrected chi connectivity index (χ3v) is 2.98. The average Bonchev–Trinajstić information content (AvgIpc) is 2.82. The summed E-state index contributed by atoms with van der Waals surface area (Å²) < 4.78 is 7.08. The van der Waals surface area contributed by atoms with Gasteiger partial charge in [0.15, 0.2) is 0 Å². The number of hydrogen-bond donors (Lipinski definition) is 0. The van der Waals surface area contributed by atoms with Gasteiger partial charge in [0, 0.05) is 0 Å². The zero-order chi connectivity index (χ0) is 13.0. The van der Waals surface area contributed by atoms with Crippen molar-refractivity contribution in [3.8, 4) is 0 Å². The number of para-hydroxylation sites is 2. The van der Waals surface area contributed by atoms with Crippen molar-refractivity contribution in [3.63, 3.8) is 0 Å². The quantitative estimate of drug-likeness (QED) is 0.602. The molecular formula is C14H18N2O2. The smallest absolute Gasteiger partial charge is 0.328 e. The van der Waals surface area contributed by atoms with Crippen LogP contribution in [0.15, 0.2) is 30.6 Å². The topological polar surface area (TPSA) is 44.1 Å². The van der Waals surface area contributed by atoms with Crippen LogP contribution in [0.1, 0.15) is 32.7 Å². The maximum atomic E-state index is 11.9. The molecule has 1 aromatic heterocycles. The van der Waals surface area contributed by atoms with Gasteiger partial charge in [-0.3, -0.25) is 0 Å². The van der Waals surface area contributed by atoms with E-state index in [-0.39, 0.29) is 12.0 Å². The number of unbranched alkanes of at least 4 members (excludes halogenated alkanes) is 1. The Bertz CT molecular complexity index is 533. The molecular weight excluding hydrogens is 228 g/mol. The van der Waals surface area contributed by atoms with E-state index in [4.69, 9.17) is 4.74 Å². The third-order valence-electron chi connectivity index (χ3n) is 2.98.